The first kappa shape index (κ1) is 18.3. The molecule has 0 N–H and O–H groups in total. The summed E-state index contributed by atoms with van der Waals surface area (Å²) in [5.74, 6) is 0.539. The quantitative estimate of drug-likeness (QED) is 0.521. The van der Waals surface area contributed by atoms with Crippen molar-refractivity contribution in [2.24, 2.45) is 0 Å². The van der Waals surface area contributed by atoms with E-state index in [1.165, 1.54) is 11.1 Å². The van der Waals surface area contributed by atoms with Gasteiger partial charge < -0.3 is 9.64 Å². The summed E-state index contributed by atoms with van der Waals surface area (Å²) in [4.78, 5) is 13.7. The predicted molar refractivity (Wildman–Crippen MR) is 81.8 cm³/mol. The maximum absolute atomic E-state index is 11.9. The van der Waals surface area contributed by atoms with Gasteiger partial charge in [0, 0.05) is 19.0 Å². The second-order valence-corrected chi connectivity index (χ2v) is 5.79. The molecule has 0 unspecified atom stereocenters. The highest BCUT2D eigenvalue weighted by molar-refractivity contribution is 6.19. The Morgan fingerprint density at radius 2 is 1.95 bits per heavy atom. The molecule has 1 fully saturated rings. The Hall–Kier alpha value is -0.700. The molecule has 0 aromatic carbocycles. The van der Waals surface area contributed by atoms with E-state index in [9.17, 15) is 4.79 Å². The smallest absolute Gasteiger partial charge is 0.410 e. The molecular formula is C15H28ClNO2. The molecule has 0 aliphatic carbocycles. The molecule has 1 rings (SSSR count). The van der Waals surface area contributed by atoms with Gasteiger partial charge in [0.25, 0.3) is 0 Å². The summed E-state index contributed by atoms with van der Waals surface area (Å²) in [5.41, 5.74) is 2.02. The maximum Gasteiger partial charge on any atom is 0.410 e. The van der Waals surface area contributed by atoms with Crippen LogP contribution >= 0.6 is 11.6 Å². The van der Waals surface area contributed by atoms with E-state index in [2.05, 4.69) is 0 Å². The minimum absolute atomic E-state index is 0.225. The SMILES string of the molecule is C/C(CCl)=C1/CCCN(C(=O)OC(C)(C)C)C1.CC. The third-order valence-corrected chi connectivity index (χ3v) is 3.14. The van der Waals surface area contributed by atoms with Gasteiger partial charge in [-0.1, -0.05) is 25.0 Å². The Kier molecular flexibility index (Phi) is 8.15. The van der Waals surface area contributed by atoms with E-state index >= 15 is 0 Å². The zero-order valence-electron chi connectivity index (χ0n) is 13.2. The Morgan fingerprint density at radius 3 is 2.42 bits per heavy atom. The van der Waals surface area contributed by atoms with Crippen molar-refractivity contribution in [2.75, 3.05) is 19.0 Å². The lowest BCUT2D eigenvalue weighted by molar-refractivity contribution is 0.0246. The second-order valence-electron chi connectivity index (χ2n) is 5.52. The van der Waals surface area contributed by atoms with Crippen LogP contribution in [0.2, 0.25) is 0 Å². The molecule has 1 aliphatic rings. The predicted octanol–water partition coefficient (Wildman–Crippen LogP) is 4.60. The first-order valence-electron chi connectivity index (χ1n) is 7.05. The van der Waals surface area contributed by atoms with Crippen molar-refractivity contribution >= 4 is 17.7 Å². The monoisotopic (exact) mass is 289 g/mol. The van der Waals surface area contributed by atoms with E-state index < -0.39 is 5.60 Å². The molecule has 0 radical (unpaired) electrons. The first-order valence-corrected chi connectivity index (χ1v) is 7.58. The summed E-state index contributed by atoms with van der Waals surface area (Å²) >= 11 is 5.83. The minimum Gasteiger partial charge on any atom is -0.444 e. The van der Waals surface area contributed by atoms with Crippen LogP contribution in [0.25, 0.3) is 0 Å². The number of ether oxygens (including phenoxy) is 1. The van der Waals surface area contributed by atoms with Crippen molar-refractivity contribution in [3.05, 3.63) is 11.1 Å². The molecule has 19 heavy (non-hydrogen) atoms. The van der Waals surface area contributed by atoms with Crippen molar-refractivity contribution in [3.63, 3.8) is 0 Å². The molecule has 0 bridgehead atoms. The lowest BCUT2D eigenvalue weighted by atomic mass is 10.0. The molecule has 0 spiro atoms. The fourth-order valence-corrected chi connectivity index (χ4v) is 1.99. The van der Waals surface area contributed by atoms with Crippen molar-refractivity contribution in [1.82, 2.24) is 4.90 Å². The topological polar surface area (TPSA) is 29.5 Å². The van der Waals surface area contributed by atoms with Gasteiger partial charge in [-0.3, -0.25) is 0 Å². The van der Waals surface area contributed by atoms with Crippen LogP contribution in [0.4, 0.5) is 4.79 Å². The van der Waals surface area contributed by atoms with Gasteiger partial charge in [0.2, 0.25) is 0 Å². The molecule has 1 heterocycles. The summed E-state index contributed by atoms with van der Waals surface area (Å²) in [6.45, 7) is 13.1. The molecule has 1 amide bonds. The summed E-state index contributed by atoms with van der Waals surface area (Å²) in [5, 5.41) is 0. The Labute approximate surface area is 122 Å². The number of hydrogen-bond acceptors (Lipinski definition) is 2. The molecular weight excluding hydrogens is 262 g/mol. The molecule has 1 aliphatic heterocycles. The molecule has 0 atom stereocenters. The fraction of sp³-hybridized carbons (Fsp3) is 0.800. The highest BCUT2D eigenvalue weighted by atomic mass is 35.5. The van der Waals surface area contributed by atoms with Gasteiger partial charge in [-0.15, -0.1) is 11.6 Å². The molecule has 3 nitrogen and oxygen atoms in total. The van der Waals surface area contributed by atoms with Crippen LogP contribution in [-0.4, -0.2) is 35.6 Å². The van der Waals surface area contributed by atoms with E-state index in [1.807, 2.05) is 41.5 Å². The lowest BCUT2D eigenvalue weighted by Crippen LogP contribution is -2.40. The van der Waals surface area contributed by atoms with Gasteiger partial charge in [-0.2, -0.15) is 0 Å². The van der Waals surface area contributed by atoms with Gasteiger partial charge in [0.15, 0.2) is 0 Å². The molecule has 0 saturated carbocycles. The van der Waals surface area contributed by atoms with Crippen molar-refractivity contribution in [1.29, 1.82) is 0 Å². The van der Waals surface area contributed by atoms with E-state index in [0.29, 0.717) is 12.4 Å². The van der Waals surface area contributed by atoms with Crippen LogP contribution in [0.3, 0.4) is 0 Å². The number of halogens is 1. The number of piperidine rings is 1. The molecule has 0 aromatic rings. The number of carbonyl (C=O) groups is 1. The number of amides is 1. The van der Waals surface area contributed by atoms with Crippen LogP contribution in [-0.2, 0) is 4.74 Å². The third-order valence-electron chi connectivity index (χ3n) is 2.74. The van der Waals surface area contributed by atoms with Crippen LogP contribution in [0, 0.1) is 0 Å². The molecule has 112 valence electrons. The number of carbonyl (C=O) groups excluding carboxylic acids is 1. The van der Waals surface area contributed by atoms with E-state index in [-0.39, 0.29) is 6.09 Å². The Bertz CT molecular complexity index is 319. The van der Waals surface area contributed by atoms with Gasteiger partial charge in [0.05, 0.1) is 0 Å². The highest BCUT2D eigenvalue weighted by Crippen LogP contribution is 2.21. The highest BCUT2D eigenvalue weighted by Gasteiger charge is 2.25. The average molecular weight is 290 g/mol. The Balaban J connectivity index is 0.00000154. The van der Waals surface area contributed by atoms with Crippen LogP contribution in [0.5, 0.6) is 0 Å². The van der Waals surface area contributed by atoms with Crippen LogP contribution < -0.4 is 0 Å². The number of rotatable bonds is 1. The van der Waals surface area contributed by atoms with E-state index in [0.717, 1.165) is 19.4 Å². The number of nitrogens with zero attached hydrogens (tertiary/aromatic N) is 1. The van der Waals surface area contributed by atoms with Gasteiger partial charge in [-0.25, -0.2) is 4.79 Å². The third kappa shape index (κ3) is 6.86. The second kappa shape index (κ2) is 8.47. The van der Waals surface area contributed by atoms with E-state index in [1.54, 1.807) is 4.90 Å². The summed E-state index contributed by atoms with van der Waals surface area (Å²) in [6.07, 6.45) is 1.80. The largest absolute Gasteiger partial charge is 0.444 e. The van der Waals surface area contributed by atoms with Gasteiger partial charge in [0.1, 0.15) is 5.60 Å². The van der Waals surface area contributed by atoms with E-state index in [4.69, 9.17) is 16.3 Å². The molecule has 4 heteroatoms. The fourth-order valence-electron chi connectivity index (χ4n) is 1.80. The Morgan fingerprint density at radius 1 is 1.37 bits per heavy atom. The summed E-state index contributed by atoms with van der Waals surface area (Å²) < 4.78 is 5.37. The number of allylic oxidation sites excluding steroid dienone is 1. The normalized spacial score (nSPS) is 18.4. The standard InChI is InChI=1S/C13H22ClNO2.C2H6/c1-10(8-14)11-6-5-7-15(9-11)12(16)17-13(2,3)4;1-2/h5-9H2,1-4H3;1-2H3/b11-10+;. The van der Waals surface area contributed by atoms with Crippen LogP contribution in [0.1, 0.15) is 54.4 Å². The van der Waals surface area contributed by atoms with Crippen LogP contribution in [0.15, 0.2) is 11.1 Å². The van der Waals surface area contributed by atoms with Gasteiger partial charge >= 0.3 is 6.09 Å². The van der Waals surface area contributed by atoms with Gasteiger partial charge in [-0.05, 0) is 40.5 Å². The van der Waals surface area contributed by atoms with Crippen molar-refractivity contribution in [2.45, 2.75) is 60.0 Å². The van der Waals surface area contributed by atoms with Crippen molar-refractivity contribution < 1.29 is 9.53 Å². The molecule has 1 saturated heterocycles. The number of hydrogen-bond donors (Lipinski definition) is 0. The molecule has 0 aromatic heterocycles. The number of alkyl halides is 1. The van der Waals surface area contributed by atoms with Crippen molar-refractivity contribution in [3.8, 4) is 0 Å². The summed E-state index contributed by atoms with van der Waals surface area (Å²) in [6, 6.07) is 0. The zero-order chi connectivity index (χ0) is 15.1. The number of likely N-dealkylation sites (tertiary alicyclic amines) is 1. The lowest BCUT2D eigenvalue weighted by Gasteiger charge is -2.31. The average Bonchev–Trinajstić information content (AvgIpc) is 2.38. The maximum atomic E-state index is 11.9. The summed E-state index contributed by atoms with van der Waals surface area (Å²) in [7, 11) is 0. The first-order chi connectivity index (χ1) is 8.83. The zero-order valence-corrected chi connectivity index (χ0v) is 13.9. The minimum atomic E-state index is -0.431.